The summed E-state index contributed by atoms with van der Waals surface area (Å²) < 4.78 is 0. The Hall–Kier alpha value is -2.98. The molecular weight excluding hydrogens is 448 g/mol. The SMILES string of the molecule is C=Cc1ncc(Cl)c(-c2cc(C#N)c(N3CCN(C(=O)C4CC4)[C@H](C4CC4)C3)nc2C2CC2)n1. The van der Waals surface area contributed by atoms with Gasteiger partial charge in [0.2, 0.25) is 5.91 Å². The van der Waals surface area contributed by atoms with E-state index in [0.717, 1.165) is 49.3 Å². The fourth-order valence-corrected chi connectivity index (χ4v) is 5.28. The normalized spacial score (nSPS) is 22.4. The zero-order chi connectivity index (χ0) is 23.4. The summed E-state index contributed by atoms with van der Waals surface area (Å²) in [6.45, 7) is 5.90. The highest BCUT2D eigenvalue weighted by Gasteiger charge is 2.45. The number of rotatable bonds is 6. The molecule has 0 aromatic carbocycles. The van der Waals surface area contributed by atoms with E-state index >= 15 is 0 Å². The number of piperazine rings is 1. The summed E-state index contributed by atoms with van der Waals surface area (Å²) in [7, 11) is 0. The van der Waals surface area contributed by atoms with E-state index < -0.39 is 0 Å². The number of carbonyl (C=O) groups excluding carboxylic acids is 1. The Bertz CT molecular complexity index is 1210. The minimum absolute atomic E-state index is 0.214. The van der Waals surface area contributed by atoms with Gasteiger partial charge in [-0.3, -0.25) is 4.79 Å². The standard InChI is InChI=1S/C26H27ClN6O/c1-2-22-29-13-20(27)24(30-22)19-11-18(12-28)25(31-23(19)16-5-6-16)32-9-10-33(26(34)17-7-8-17)21(14-32)15-3-4-15/h2,11,13,15-17,21H,1,3-10,14H2/t21-/m0/s1. The molecule has 0 radical (unpaired) electrons. The highest BCUT2D eigenvalue weighted by Crippen LogP contribution is 2.46. The first-order chi connectivity index (χ1) is 16.6. The molecule has 3 heterocycles. The molecule has 7 nitrogen and oxygen atoms in total. The molecule has 1 amide bonds. The summed E-state index contributed by atoms with van der Waals surface area (Å²) in [5.74, 6) is 2.70. The monoisotopic (exact) mass is 474 g/mol. The van der Waals surface area contributed by atoms with Crippen LogP contribution in [0.15, 0.2) is 18.8 Å². The maximum absolute atomic E-state index is 12.9. The number of pyridine rings is 1. The van der Waals surface area contributed by atoms with Gasteiger partial charge in [-0.05, 0) is 56.6 Å². The van der Waals surface area contributed by atoms with Crippen molar-refractivity contribution in [2.75, 3.05) is 24.5 Å². The Kier molecular flexibility index (Phi) is 5.29. The minimum Gasteiger partial charge on any atom is -0.352 e. The molecule has 2 aromatic heterocycles. The Balaban J connectivity index is 1.37. The predicted molar refractivity (Wildman–Crippen MR) is 130 cm³/mol. The van der Waals surface area contributed by atoms with Crippen LogP contribution in [0.2, 0.25) is 5.02 Å². The smallest absolute Gasteiger partial charge is 0.226 e. The van der Waals surface area contributed by atoms with E-state index in [1.54, 1.807) is 12.3 Å². The lowest BCUT2D eigenvalue weighted by molar-refractivity contribution is -0.135. The van der Waals surface area contributed by atoms with Crippen LogP contribution in [0.4, 0.5) is 5.82 Å². The molecule has 0 unspecified atom stereocenters. The van der Waals surface area contributed by atoms with Gasteiger partial charge in [-0.15, -0.1) is 0 Å². The van der Waals surface area contributed by atoms with E-state index in [9.17, 15) is 10.1 Å². The highest BCUT2D eigenvalue weighted by atomic mass is 35.5. The first-order valence-electron chi connectivity index (χ1n) is 12.2. The van der Waals surface area contributed by atoms with Crippen LogP contribution in [-0.4, -0.2) is 51.4 Å². The summed E-state index contributed by atoms with van der Waals surface area (Å²) in [5.41, 5.74) is 2.87. The molecule has 1 aliphatic heterocycles. The summed E-state index contributed by atoms with van der Waals surface area (Å²) in [4.78, 5) is 31.1. The van der Waals surface area contributed by atoms with Gasteiger partial charge in [0.25, 0.3) is 0 Å². The van der Waals surface area contributed by atoms with Gasteiger partial charge in [0.05, 0.1) is 34.2 Å². The number of hydrogen-bond acceptors (Lipinski definition) is 6. The fraction of sp³-hybridized carbons (Fsp3) is 0.500. The third-order valence-electron chi connectivity index (χ3n) is 7.41. The number of halogens is 1. The van der Waals surface area contributed by atoms with Crippen molar-refractivity contribution < 1.29 is 4.79 Å². The lowest BCUT2D eigenvalue weighted by Crippen LogP contribution is -2.57. The summed E-state index contributed by atoms with van der Waals surface area (Å²) in [5, 5.41) is 10.5. The van der Waals surface area contributed by atoms with Crippen molar-refractivity contribution in [1.82, 2.24) is 19.9 Å². The number of aromatic nitrogens is 3. The van der Waals surface area contributed by atoms with Crippen molar-refractivity contribution in [3.8, 4) is 17.3 Å². The van der Waals surface area contributed by atoms with Gasteiger partial charge < -0.3 is 9.80 Å². The minimum atomic E-state index is 0.214. The van der Waals surface area contributed by atoms with E-state index in [-0.39, 0.29) is 12.0 Å². The Labute approximate surface area is 204 Å². The van der Waals surface area contributed by atoms with Crippen LogP contribution < -0.4 is 4.90 Å². The molecule has 34 heavy (non-hydrogen) atoms. The molecule has 3 saturated carbocycles. The number of nitriles is 1. The Morgan fingerprint density at radius 3 is 2.62 bits per heavy atom. The van der Waals surface area contributed by atoms with E-state index in [2.05, 4.69) is 32.4 Å². The van der Waals surface area contributed by atoms with Gasteiger partial charge in [0.15, 0.2) is 5.82 Å². The van der Waals surface area contributed by atoms with Crippen LogP contribution in [-0.2, 0) is 4.79 Å². The third kappa shape index (κ3) is 3.94. The van der Waals surface area contributed by atoms with Crippen LogP contribution in [0, 0.1) is 23.2 Å². The first-order valence-corrected chi connectivity index (χ1v) is 12.6. The number of anilines is 1. The maximum atomic E-state index is 12.9. The van der Waals surface area contributed by atoms with Crippen molar-refractivity contribution >= 4 is 29.4 Å². The van der Waals surface area contributed by atoms with Crippen molar-refractivity contribution in [2.24, 2.45) is 11.8 Å². The summed E-state index contributed by atoms with van der Waals surface area (Å²) in [6, 6.07) is 4.48. The molecule has 174 valence electrons. The maximum Gasteiger partial charge on any atom is 0.226 e. The van der Waals surface area contributed by atoms with Crippen LogP contribution in [0.25, 0.3) is 17.3 Å². The molecular formula is C26H27ClN6O. The molecule has 8 heteroatoms. The van der Waals surface area contributed by atoms with Crippen molar-refractivity contribution in [3.05, 3.63) is 40.9 Å². The molecule has 4 fully saturated rings. The van der Waals surface area contributed by atoms with Gasteiger partial charge in [0, 0.05) is 37.0 Å². The van der Waals surface area contributed by atoms with Crippen molar-refractivity contribution in [1.29, 1.82) is 5.26 Å². The van der Waals surface area contributed by atoms with E-state index in [1.165, 1.54) is 12.8 Å². The molecule has 0 spiro atoms. The van der Waals surface area contributed by atoms with Gasteiger partial charge in [-0.2, -0.15) is 5.26 Å². The zero-order valence-electron chi connectivity index (χ0n) is 19.1. The van der Waals surface area contributed by atoms with Crippen LogP contribution in [0.5, 0.6) is 0 Å². The Morgan fingerprint density at radius 2 is 1.97 bits per heavy atom. The second-order valence-electron chi connectivity index (χ2n) is 9.96. The number of carbonyl (C=O) groups is 1. The molecule has 0 bridgehead atoms. The molecule has 6 rings (SSSR count). The number of amides is 1. The van der Waals surface area contributed by atoms with Crippen molar-refractivity contribution in [2.45, 2.75) is 50.5 Å². The second-order valence-corrected chi connectivity index (χ2v) is 10.4. The lowest BCUT2D eigenvalue weighted by atomic mass is 10.0. The Morgan fingerprint density at radius 1 is 1.18 bits per heavy atom. The van der Waals surface area contributed by atoms with Crippen molar-refractivity contribution in [3.63, 3.8) is 0 Å². The second kappa shape index (κ2) is 8.35. The molecule has 4 aliphatic rings. The van der Waals surface area contributed by atoms with Gasteiger partial charge >= 0.3 is 0 Å². The average Bonchev–Trinajstić information content (AvgIpc) is 3.73. The van der Waals surface area contributed by atoms with Crippen LogP contribution >= 0.6 is 11.6 Å². The molecule has 2 aromatic rings. The first kappa shape index (κ1) is 21.5. The predicted octanol–water partition coefficient (Wildman–Crippen LogP) is 4.42. The van der Waals surface area contributed by atoms with Crippen LogP contribution in [0.1, 0.15) is 61.5 Å². The van der Waals surface area contributed by atoms with Crippen LogP contribution in [0.3, 0.4) is 0 Å². The van der Waals surface area contributed by atoms with Gasteiger partial charge in [-0.25, -0.2) is 15.0 Å². The third-order valence-corrected chi connectivity index (χ3v) is 7.69. The van der Waals surface area contributed by atoms with E-state index in [1.807, 2.05) is 6.07 Å². The summed E-state index contributed by atoms with van der Waals surface area (Å²) >= 11 is 6.49. The molecule has 0 N–H and O–H groups in total. The summed E-state index contributed by atoms with van der Waals surface area (Å²) in [6.07, 6.45) is 9.71. The molecule has 1 saturated heterocycles. The fourth-order valence-electron chi connectivity index (χ4n) is 5.09. The van der Waals surface area contributed by atoms with Gasteiger partial charge in [-0.1, -0.05) is 18.2 Å². The van der Waals surface area contributed by atoms with Gasteiger partial charge in [0.1, 0.15) is 11.9 Å². The highest BCUT2D eigenvalue weighted by molar-refractivity contribution is 6.33. The van der Waals surface area contributed by atoms with E-state index in [0.29, 0.717) is 52.9 Å². The lowest BCUT2D eigenvalue weighted by Gasteiger charge is -2.43. The number of hydrogen-bond donors (Lipinski definition) is 0. The number of nitrogens with zero attached hydrogens (tertiary/aromatic N) is 6. The topological polar surface area (TPSA) is 86.0 Å². The zero-order valence-corrected chi connectivity index (χ0v) is 19.8. The van der Waals surface area contributed by atoms with E-state index in [4.69, 9.17) is 16.6 Å². The molecule has 3 aliphatic carbocycles. The largest absolute Gasteiger partial charge is 0.352 e. The average molecular weight is 475 g/mol. The molecule has 1 atom stereocenters. The quantitative estimate of drug-likeness (QED) is 0.616.